The summed E-state index contributed by atoms with van der Waals surface area (Å²) in [5.41, 5.74) is 4.30. The third-order valence-electron chi connectivity index (χ3n) is 8.11. The molecule has 158 valence electrons. The Hall–Kier alpha value is -1.65. The highest BCUT2D eigenvalue weighted by atomic mass is 16.6. The van der Waals surface area contributed by atoms with Crippen molar-refractivity contribution in [1.29, 1.82) is 0 Å². The van der Waals surface area contributed by atoms with E-state index in [1.165, 1.54) is 24.2 Å². The number of nitrogens with one attached hydrogen (secondary N) is 1. The second-order valence-electron chi connectivity index (χ2n) is 10.0. The van der Waals surface area contributed by atoms with Gasteiger partial charge in [-0.1, -0.05) is 48.4 Å². The maximum Gasteiger partial charge on any atom is 0.315 e. The lowest BCUT2D eigenvalue weighted by Gasteiger charge is -2.45. The number of ether oxygens (including phenoxy) is 1. The van der Waals surface area contributed by atoms with Crippen molar-refractivity contribution in [2.45, 2.75) is 71.1 Å². The second-order valence-corrected chi connectivity index (χ2v) is 10.0. The summed E-state index contributed by atoms with van der Waals surface area (Å²) < 4.78 is 5.92. The van der Waals surface area contributed by atoms with Gasteiger partial charge in [-0.3, -0.25) is 4.79 Å². The van der Waals surface area contributed by atoms with Crippen molar-refractivity contribution in [1.82, 2.24) is 0 Å². The van der Waals surface area contributed by atoms with E-state index in [0.29, 0.717) is 6.54 Å². The van der Waals surface area contributed by atoms with E-state index in [4.69, 9.17) is 4.74 Å². The summed E-state index contributed by atoms with van der Waals surface area (Å²) in [6.45, 7) is 7.44. The number of likely N-dealkylation sites (N-methyl/N-ethyl adjacent to an activating group) is 1. The summed E-state index contributed by atoms with van der Waals surface area (Å²) in [7, 11) is 2.09. The lowest BCUT2D eigenvalue weighted by atomic mass is 9.59. The molecule has 2 N–H and O–H groups in total. The molecule has 1 saturated heterocycles. The fraction of sp³-hybridized carbons (Fsp3) is 0.640. The van der Waals surface area contributed by atoms with E-state index in [2.05, 4.69) is 27.8 Å². The van der Waals surface area contributed by atoms with Crippen LogP contribution in [0.2, 0.25) is 0 Å². The van der Waals surface area contributed by atoms with Gasteiger partial charge < -0.3 is 14.7 Å². The van der Waals surface area contributed by atoms with Crippen molar-refractivity contribution in [3.63, 3.8) is 0 Å². The van der Waals surface area contributed by atoms with Gasteiger partial charge in [0.2, 0.25) is 0 Å². The molecule has 4 rings (SSSR count). The zero-order valence-electron chi connectivity index (χ0n) is 18.3. The highest BCUT2D eigenvalue weighted by molar-refractivity contribution is 5.75. The molecule has 0 aromatic heterocycles. The molecule has 4 heteroatoms. The minimum Gasteiger partial charge on any atom is -0.462 e. The molecule has 29 heavy (non-hydrogen) atoms. The number of aliphatic hydroxyl groups excluding tert-OH is 1. The van der Waals surface area contributed by atoms with E-state index in [1.54, 1.807) is 11.1 Å². The van der Waals surface area contributed by atoms with E-state index in [1.807, 2.05) is 30.3 Å². The smallest absolute Gasteiger partial charge is 0.315 e. The van der Waals surface area contributed by atoms with Crippen LogP contribution in [-0.2, 0) is 9.53 Å². The largest absolute Gasteiger partial charge is 0.462 e. The summed E-state index contributed by atoms with van der Waals surface area (Å²) >= 11 is 0. The van der Waals surface area contributed by atoms with Gasteiger partial charge in [0, 0.05) is 5.92 Å². The van der Waals surface area contributed by atoms with Crippen LogP contribution in [0.1, 0.15) is 64.5 Å². The third-order valence-corrected chi connectivity index (χ3v) is 8.11. The molecule has 1 unspecified atom stereocenters. The van der Waals surface area contributed by atoms with Crippen molar-refractivity contribution in [3.05, 3.63) is 47.0 Å². The fourth-order valence-electron chi connectivity index (χ4n) is 6.09. The molecule has 1 aliphatic heterocycles. The average Bonchev–Trinajstić information content (AvgIpc) is 2.99. The van der Waals surface area contributed by atoms with Crippen LogP contribution in [0.5, 0.6) is 0 Å². The Labute approximate surface area is 174 Å². The number of aliphatic hydroxyl groups is 1. The highest BCUT2D eigenvalue weighted by Gasteiger charge is 2.54. The van der Waals surface area contributed by atoms with Crippen LogP contribution in [0.3, 0.4) is 0 Å². The van der Waals surface area contributed by atoms with Crippen molar-refractivity contribution >= 4 is 5.97 Å². The van der Waals surface area contributed by atoms with Crippen LogP contribution in [0.15, 0.2) is 41.5 Å². The standard InChI is InChI=1S/C25H35NO3/c1-16-9-8-12-25(3)14-22-19(13-21(16)25)20(24(28)29-22)15-26(4)17(2)23(27)18-10-6-5-7-11-18/h5-7,10-11,17,19-20,22-23,27H,8-9,12-15H2,1-4H3/p+1/t17-,19+,20-,22+,23+,25+/m0/s1. The van der Waals surface area contributed by atoms with Crippen LogP contribution in [0.4, 0.5) is 0 Å². The summed E-state index contributed by atoms with van der Waals surface area (Å²) in [6, 6.07) is 9.82. The molecule has 0 bridgehead atoms. The monoisotopic (exact) mass is 398 g/mol. The maximum atomic E-state index is 12.8. The predicted molar refractivity (Wildman–Crippen MR) is 113 cm³/mol. The number of hydrogen-bond acceptors (Lipinski definition) is 3. The Kier molecular flexibility index (Phi) is 5.60. The number of esters is 1. The Morgan fingerprint density at radius 3 is 2.76 bits per heavy atom. The van der Waals surface area contributed by atoms with E-state index in [-0.39, 0.29) is 35.4 Å². The van der Waals surface area contributed by atoms with Gasteiger partial charge in [-0.15, -0.1) is 0 Å². The third kappa shape index (κ3) is 3.77. The molecule has 1 saturated carbocycles. The number of allylic oxidation sites excluding steroid dienone is 2. The molecular formula is C25H36NO3+. The molecule has 2 aliphatic carbocycles. The van der Waals surface area contributed by atoms with Crippen LogP contribution >= 0.6 is 0 Å². The molecule has 0 radical (unpaired) electrons. The van der Waals surface area contributed by atoms with E-state index in [0.717, 1.165) is 18.4 Å². The van der Waals surface area contributed by atoms with Crippen LogP contribution in [-0.4, -0.2) is 36.8 Å². The van der Waals surface area contributed by atoms with Crippen LogP contribution in [0, 0.1) is 17.3 Å². The van der Waals surface area contributed by atoms with Gasteiger partial charge in [0.1, 0.15) is 24.2 Å². The normalized spacial score (nSPS) is 34.8. The van der Waals surface area contributed by atoms with Crippen molar-refractivity contribution < 1.29 is 19.5 Å². The van der Waals surface area contributed by atoms with Crippen LogP contribution < -0.4 is 4.90 Å². The first-order chi connectivity index (χ1) is 13.8. The van der Waals surface area contributed by atoms with Gasteiger partial charge in [-0.2, -0.15) is 0 Å². The summed E-state index contributed by atoms with van der Waals surface area (Å²) in [4.78, 5) is 14.0. The topological polar surface area (TPSA) is 51.0 Å². The van der Waals surface area contributed by atoms with Crippen molar-refractivity contribution in [3.8, 4) is 0 Å². The number of benzene rings is 1. The minimum atomic E-state index is -0.539. The Morgan fingerprint density at radius 2 is 2.03 bits per heavy atom. The van der Waals surface area contributed by atoms with Crippen molar-refractivity contribution in [2.24, 2.45) is 17.3 Å². The predicted octanol–water partition coefficient (Wildman–Crippen LogP) is 3.08. The number of carbonyl (C=O) groups excluding carboxylic acids is 1. The second kappa shape index (κ2) is 7.88. The number of quaternary nitrogens is 1. The molecule has 0 amide bonds. The molecule has 1 heterocycles. The van der Waals surface area contributed by atoms with E-state index >= 15 is 0 Å². The molecule has 1 aromatic rings. The first-order valence-electron chi connectivity index (χ1n) is 11.2. The minimum absolute atomic E-state index is 0.00809. The molecule has 0 spiro atoms. The number of carbonyl (C=O) groups is 1. The van der Waals surface area contributed by atoms with Crippen molar-refractivity contribution in [2.75, 3.05) is 13.6 Å². The molecule has 4 nitrogen and oxygen atoms in total. The Balaban J connectivity index is 1.48. The van der Waals surface area contributed by atoms with E-state index in [9.17, 15) is 9.90 Å². The lowest BCUT2D eigenvalue weighted by molar-refractivity contribution is -0.911. The molecule has 1 aromatic carbocycles. The summed E-state index contributed by atoms with van der Waals surface area (Å²) in [5.74, 6) is 0.188. The summed E-state index contributed by atoms with van der Waals surface area (Å²) in [5, 5.41) is 10.8. The summed E-state index contributed by atoms with van der Waals surface area (Å²) in [6.07, 6.45) is 5.18. The Bertz CT molecular complexity index is 789. The van der Waals surface area contributed by atoms with Gasteiger partial charge in [0.25, 0.3) is 0 Å². The Morgan fingerprint density at radius 1 is 1.31 bits per heavy atom. The van der Waals surface area contributed by atoms with Gasteiger partial charge in [0.05, 0.1) is 13.6 Å². The zero-order valence-corrected chi connectivity index (χ0v) is 18.3. The molecule has 2 fully saturated rings. The van der Waals surface area contributed by atoms with Gasteiger partial charge in [0.15, 0.2) is 0 Å². The van der Waals surface area contributed by atoms with E-state index < -0.39 is 6.10 Å². The molecule has 3 aliphatic rings. The first-order valence-corrected chi connectivity index (χ1v) is 11.2. The number of fused-ring (bicyclic) bond motifs is 2. The average molecular weight is 399 g/mol. The molecule has 7 atom stereocenters. The quantitative estimate of drug-likeness (QED) is 0.592. The zero-order chi connectivity index (χ0) is 20.8. The highest BCUT2D eigenvalue weighted by Crippen LogP contribution is 2.54. The van der Waals surface area contributed by atoms with Gasteiger partial charge in [-0.25, -0.2) is 0 Å². The fourth-order valence-corrected chi connectivity index (χ4v) is 6.09. The molecular weight excluding hydrogens is 362 g/mol. The number of rotatable bonds is 5. The SMILES string of the molecule is CC1=C2C[C@@H]3[C@H](C[NH+](C)[C@@H](C)[C@@H](O)c4ccccc4)C(=O)O[C@@H]3C[C@@]2(C)CCC1. The first kappa shape index (κ1) is 20.6. The van der Waals surface area contributed by atoms with Gasteiger partial charge >= 0.3 is 5.97 Å². The maximum absolute atomic E-state index is 12.8. The van der Waals surface area contributed by atoms with Crippen LogP contribution in [0.25, 0.3) is 0 Å². The number of hydrogen-bond donors (Lipinski definition) is 2. The lowest BCUT2D eigenvalue weighted by Crippen LogP contribution is -3.14. The van der Waals surface area contributed by atoms with Gasteiger partial charge in [-0.05, 0) is 56.9 Å².